The summed E-state index contributed by atoms with van der Waals surface area (Å²) in [6, 6.07) is 10.0. The highest BCUT2D eigenvalue weighted by molar-refractivity contribution is 7.98. The Morgan fingerprint density at radius 1 is 1.11 bits per heavy atom. The summed E-state index contributed by atoms with van der Waals surface area (Å²) < 4.78 is 20.9. The van der Waals surface area contributed by atoms with Crippen molar-refractivity contribution in [2.45, 2.75) is 24.4 Å². The molecule has 0 unspecified atom stereocenters. The average Bonchev–Trinajstić information content (AvgIpc) is 3.34. The number of aromatic nitrogens is 5. The number of nitrogens with zero attached hydrogens (tertiary/aromatic N) is 5. The third kappa shape index (κ3) is 3.75. The van der Waals surface area contributed by atoms with E-state index in [4.69, 9.17) is 4.42 Å². The van der Waals surface area contributed by atoms with Crippen LogP contribution in [0.3, 0.4) is 0 Å². The molecule has 0 N–H and O–H groups in total. The standard InChI is InChI=1S/C19H16FN5OS/c1-2-25-17(13-6-8-21-9-7-13)23-24-19(25)27-12-16-11-26-18(22-16)14-4-3-5-15(20)10-14/h3-11H,2,12H2,1H3. The lowest BCUT2D eigenvalue weighted by Gasteiger charge is -2.06. The minimum absolute atomic E-state index is 0.318. The van der Waals surface area contributed by atoms with E-state index in [1.54, 1.807) is 30.8 Å². The molecule has 0 aliphatic carbocycles. The molecule has 0 aliphatic heterocycles. The van der Waals surface area contributed by atoms with Gasteiger partial charge >= 0.3 is 0 Å². The van der Waals surface area contributed by atoms with Crippen molar-refractivity contribution in [3.8, 4) is 22.8 Å². The van der Waals surface area contributed by atoms with Crippen molar-refractivity contribution in [1.82, 2.24) is 24.7 Å². The number of halogens is 1. The van der Waals surface area contributed by atoms with Crippen LogP contribution in [0.1, 0.15) is 12.6 Å². The molecule has 0 bridgehead atoms. The maximum atomic E-state index is 13.4. The molecule has 0 amide bonds. The van der Waals surface area contributed by atoms with Gasteiger partial charge in [-0.2, -0.15) is 0 Å². The van der Waals surface area contributed by atoms with E-state index in [2.05, 4.69) is 27.1 Å². The summed E-state index contributed by atoms with van der Waals surface area (Å²) in [5.74, 6) is 1.47. The Morgan fingerprint density at radius 2 is 1.96 bits per heavy atom. The monoisotopic (exact) mass is 381 g/mol. The van der Waals surface area contributed by atoms with Gasteiger partial charge in [-0.1, -0.05) is 17.8 Å². The Kier molecular flexibility index (Phi) is 4.97. The number of rotatable bonds is 6. The molecule has 136 valence electrons. The van der Waals surface area contributed by atoms with Gasteiger partial charge in [-0.3, -0.25) is 4.98 Å². The van der Waals surface area contributed by atoms with Crippen LogP contribution < -0.4 is 0 Å². The van der Waals surface area contributed by atoms with E-state index in [0.717, 1.165) is 28.8 Å². The topological polar surface area (TPSA) is 69.6 Å². The summed E-state index contributed by atoms with van der Waals surface area (Å²) in [4.78, 5) is 8.47. The van der Waals surface area contributed by atoms with Crippen LogP contribution in [0.15, 0.2) is 64.6 Å². The maximum Gasteiger partial charge on any atom is 0.226 e. The van der Waals surface area contributed by atoms with Gasteiger partial charge in [-0.05, 0) is 37.3 Å². The zero-order valence-corrected chi connectivity index (χ0v) is 15.4. The summed E-state index contributed by atoms with van der Waals surface area (Å²) in [6.45, 7) is 2.80. The molecule has 0 aliphatic rings. The molecule has 3 aromatic heterocycles. The molecule has 6 nitrogen and oxygen atoms in total. The third-order valence-corrected chi connectivity index (χ3v) is 4.94. The van der Waals surface area contributed by atoms with Gasteiger partial charge < -0.3 is 8.98 Å². The molecule has 3 heterocycles. The van der Waals surface area contributed by atoms with Gasteiger partial charge in [0, 0.05) is 35.8 Å². The van der Waals surface area contributed by atoms with Gasteiger partial charge in [0.25, 0.3) is 0 Å². The second-order valence-corrected chi connectivity index (χ2v) is 6.67. The minimum atomic E-state index is -0.318. The average molecular weight is 381 g/mol. The smallest absolute Gasteiger partial charge is 0.226 e. The predicted octanol–water partition coefficient (Wildman–Crippen LogP) is 4.45. The van der Waals surface area contributed by atoms with Crippen LogP contribution in [0.4, 0.5) is 4.39 Å². The van der Waals surface area contributed by atoms with E-state index >= 15 is 0 Å². The lowest BCUT2D eigenvalue weighted by Crippen LogP contribution is -2.00. The van der Waals surface area contributed by atoms with Crippen LogP contribution >= 0.6 is 11.8 Å². The summed E-state index contributed by atoms with van der Waals surface area (Å²) in [7, 11) is 0. The SMILES string of the molecule is CCn1c(SCc2coc(-c3cccc(F)c3)n2)nnc1-c1ccncc1. The third-order valence-electron chi connectivity index (χ3n) is 3.94. The van der Waals surface area contributed by atoms with Crippen molar-refractivity contribution in [2.75, 3.05) is 0 Å². The van der Waals surface area contributed by atoms with E-state index in [0.29, 0.717) is 17.2 Å². The second kappa shape index (κ2) is 7.71. The van der Waals surface area contributed by atoms with Crippen LogP contribution in [0.5, 0.6) is 0 Å². The molecule has 0 radical (unpaired) electrons. The first-order valence-electron chi connectivity index (χ1n) is 8.41. The fraction of sp³-hybridized carbons (Fsp3) is 0.158. The van der Waals surface area contributed by atoms with E-state index in [1.165, 1.54) is 23.9 Å². The first-order valence-corrected chi connectivity index (χ1v) is 9.40. The number of hydrogen-bond donors (Lipinski definition) is 0. The molecule has 27 heavy (non-hydrogen) atoms. The van der Waals surface area contributed by atoms with Crippen molar-refractivity contribution in [3.63, 3.8) is 0 Å². The Morgan fingerprint density at radius 3 is 2.74 bits per heavy atom. The molecule has 4 rings (SSSR count). The van der Waals surface area contributed by atoms with Crippen LogP contribution in [-0.2, 0) is 12.3 Å². The van der Waals surface area contributed by atoms with Gasteiger partial charge in [-0.15, -0.1) is 10.2 Å². The zero-order chi connectivity index (χ0) is 18.6. The summed E-state index contributed by atoms with van der Waals surface area (Å²) in [6.07, 6.45) is 5.06. The van der Waals surface area contributed by atoms with Crippen LogP contribution in [0.2, 0.25) is 0 Å². The lowest BCUT2D eigenvalue weighted by atomic mass is 10.2. The van der Waals surface area contributed by atoms with Gasteiger partial charge in [0.05, 0.1) is 5.69 Å². The molecule has 8 heteroatoms. The number of pyridine rings is 1. The molecular weight excluding hydrogens is 365 g/mol. The summed E-state index contributed by atoms with van der Waals surface area (Å²) in [5, 5.41) is 9.42. The number of benzene rings is 1. The fourth-order valence-corrected chi connectivity index (χ4v) is 3.54. The molecule has 0 fully saturated rings. The van der Waals surface area contributed by atoms with Crippen molar-refractivity contribution >= 4 is 11.8 Å². The van der Waals surface area contributed by atoms with Gasteiger partial charge in [-0.25, -0.2) is 9.37 Å². The highest BCUT2D eigenvalue weighted by Gasteiger charge is 2.14. The quantitative estimate of drug-likeness (QED) is 0.460. The lowest BCUT2D eigenvalue weighted by molar-refractivity contribution is 0.571. The zero-order valence-electron chi connectivity index (χ0n) is 14.5. The maximum absolute atomic E-state index is 13.4. The van der Waals surface area contributed by atoms with Crippen LogP contribution in [-0.4, -0.2) is 24.7 Å². The van der Waals surface area contributed by atoms with Crippen molar-refractivity contribution in [2.24, 2.45) is 0 Å². The minimum Gasteiger partial charge on any atom is -0.444 e. The first-order chi connectivity index (χ1) is 13.2. The molecule has 0 saturated heterocycles. The van der Waals surface area contributed by atoms with Crippen molar-refractivity contribution in [1.29, 1.82) is 0 Å². The molecule has 0 atom stereocenters. The normalized spacial score (nSPS) is 11.0. The van der Waals surface area contributed by atoms with E-state index in [1.807, 2.05) is 16.7 Å². The predicted molar refractivity (Wildman–Crippen MR) is 100 cm³/mol. The van der Waals surface area contributed by atoms with Gasteiger partial charge in [0.1, 0.15) is 12.1 Å². The van der Waals surface area contributed by atoms with Gasteiger partial charge in [0.2, 0.25) is 5.89 Å². The Hall–Kier alpha value is -3.00. The highest BCUT2D eigenvalue weighted by Crippen LogP contribution is 2.27. The number of oxazole rings is 1. The summed E-state index contributed by atoms with van der Waals surface area (Å²) in [5.41, 5.74) is 2.35. The number of hydrogen-bond acceptors (Lipinski definition) is 6. The fourth-order valence-electron chi connectivity index (χ4n) is 2.66. The molecule has 0 saturated carbocycles. The van der Waals surface area contributed by atoms with E-state index < -0.39 is 0 Å². The van der Waals surface area contributed by atoms with Crippen molar-refractivity contribution < 1.29 is 8.81 Å². The Labute approximate surface area is 159 Å². The second-order valence-electron chi connectivity index (χ2n) is 5.73. The van der Waals surface area contributed by atoms with Crippen LogP contribution in [0, 0.1) is 5.82 Å². The van der Waals surface area contributed by atoms with E-state index in [-0.39, 0.29) is 5.82 Å². The largest absolute Gasteiger partial charge is 0.444 e. The first kappa shape index (κ1) is 17.4. The molecule has 1 aromatic carbocycles. The van der Waals surface area contributed by atoms with Crippen molar-refractivity contribution in [3.05, 3.63) is 66.6 Å². The summed E-state index contributed by atoms with van der Waals surface area (Å²) >= 11 is 1.53. The Bertz CT molecular complexity index is 1050. The molecular formula is C19H16FN5OS. The van der Waals surface area contributed by atoms with Crippen LogP contribution in [0.25, 0.3) is 22.8 Å². The Balaban J connectivity index is 1.51. The van der Waals surface area contributed by atoms with E-state index in [9.17, 15) is 4.39 Å². The number of thioether (sulfide) groups is 1. The van der Waals surface area contributed by atoms with Gasteiger partial charge in [0.15, 0.2) is 11.0 Å². The molecule has 4 aromatic rings. The highest BCUT2D eigenvalue weighted by atomic mass is 32.2. The molecule has 0 spiro atoms.